The van der Waals surface area contributed by atoms with Crippen LogP contribution < -0.4 is 0 Å². The zero-order chi connectivity index (χ0) is 24.6. The number of hydrogen-bond donors (Lipinski definition) is 3. The number of fused-ring (bicyclic) bond motifs is 5. The van der Waals surface area contributed by atoms with Gasteiger partial charge in [0.25, 0.3) is 0 Å². The number of rotatable bonds is 4. The molecule has 0 aromatic rings. The summed E-state index contributed by atoms with van der Waals surface area (Å²) in [7, 11) is 0. The molecule has 0 heterocycles. The minimum Gasteiger partial charge on any atom is -0.393 e. The molecule has 3 N–H and O–H groups in total. The molecule has 0 amide bonds. The summed E-state index contributed by atoms with van der Waals surface area (Å²) in [5.74, 6) is 1.74. The van der Waals surface area contributed by atoms with E-state index >= 15 is 0 Å². The maximum Gasteiger partial charge on any atom is 0.0657 e. The van der Waals surface area contributed by atoms with Crippen LogP contribution in [0.1, 0.15) is 113 Å². The Hall–Kier alpha value is -0.380. The molecule has 4 aliphatic carbocycles. The van der Waals surface area contributed by atoms with E-state index in [1.165, 1.54) is 18.4 Å². The molecule has 4 rings (SSSR count). The van der Waals surface area contributed by atoms with Crippen molar-refractivity contribution in [3.05, 3.63) is 11.6 Å². The van der Waals surface area contributed by atoms with Crippen molar-refractivity contribution in [2.45, 2.75) is 131 Å². The SMILES string of the molecule is CC(C)=CCC[C@](C)(O)[C@H]1CC[C@]2(C)[C@@H]3CC[C@@H]4C(C)(C)[C@@H](O)CC[C@]4(C)[C@H]3C[C@@H](O)[C@@]12C. The standard InChI is InChI=1S/C30H52O3/c1-19(2)10-9-15-29(7,33)23-13-17-28(6)20-11-12-22-26(3,4)24(31)14-16-27(22,5)21(20)18-25(32)30(23,28)8/h10,20-25,31-33H,9,11-18H2,1-8H3/t20-,21+,22-,23-,24+,25-,27-,28-,29+,30-/m1/s1. The first kappa shape index (κ1) is 25.7. The summed E-state index contributed by atoms with van der Waals surface area (Å²) in [6.07, 6.45) is 10.6. The molecular weight excluding hydrogens is 408 g/mol. The van der Waals surface area contributed by atoms with Crippen molar-refractivity contribution in [3.8, 4) is 0 Å². The molecule has 0 spiro atoms. The fraction of sp³-hybridized carbons (Fsp3) is 0.933. The van der Waals surface area contributed by atoms with Gasteiger partial charge < -0.3 is 15.3 Å². The van der Waals surface area contributed by atoms with E-state index in [4.69, 9.17) is 0 Å². The Morgan fingerprint density at radius 1 is 0.909 bits per heavy atom. The van der Waals surface area contributed by atoms with Crippen LogP contribution in [0.3, 0.4) is 0 Å². The van der Waals surface area contributed by atoms with Crippen LogP contribution in [-0.4, -0.2) is 33.1 Å². The molecule has 0 aromatic heterocycles. The fourth-order valence-electron chi connectivity index (χ4n) is 10.3. The van der Waals surface area contributed by atoms with Gasteiger partial charge in [0, 0.05) is 5.41 Å². The molecular formula is C30H52O3. The Morgan fingerprint density at radius 2 is 1.58 bits per heavy atom. The van der Waals surface area contributed by atoms with Crippen molar-refractivity contribution in [1.82, 2.24) is 0 Å². The van der Waals surface area contributed by atoms with Gasteiger partial charge in [-0.3, -0.25) is 0 Å². The van der Waals surface area contributed by atoms with E-state index in [1.807, 2.05) is 6.92 Å². The summed E-state index contributed by atoms with van der Waals surface area (Å²) in [5.41, 5.74) is 0.465. The summed E-state index contributed by atoms with van der Waals surface area (Å²) < 4.78 is 0. The monoisotopic (exact) mass is 460 g/mol. The van der Waals surface area contributed by atoms with Gasteiger partial charge in [-0.05, 0) is 118 Å². The average Bonchev–Trinajstić information content (AvgIpc) is 3.00. The highest BCUT2D eigenvalue weighted by atomic mass is 16.3. The van der Waals surface area contributed by atoms with E-state index in [-0.39, 0.29) is 39.8 Å². The highest BCUT2D eigenvalue weighted by Crippen LogP contribution is 2.74. The number of aliphatic hydroxyl groups excluding tert-OH is 2. The van der Waals surface area contributed by atoms with Gasteiger partial charge >= 0.3 is 0 Å². The lowest BCUT2D eigenvalue weighted by Crippen LogP contribution is -2.66. The van der Waals surface area contributed by atoms with Crippen LogP contribution in [-0.2, 0) is 0 Å². The lowest BCUT2D eigenvalue weighted by Gasteiger charge is -2.68. The van der Waals surface area contributed by atoms with Crippen molar-refractivity contribution in [2.75, 3.05) is 0 Å². The van der Waals surface area contributed by atoms with Crippen LogP contribution >= 0.6 is 0 Å². The van der Waals surface area contributed by atoms with E-state index in [0.717, 1.165) is 44.9 Å². The summed E-state index contributed by atoms with van der Waals surface area (Å²) in [6.45, 7) is 18.1. The van der Waals surface area contributed by atoms with Crippen molar-refractivity contribution in [2.24, 2.45) is 45.3 Å². The molecule has 33 heavy (non-hydrogen) atoms. The molecule has 0 unspecified atom stereocenters. The lowest BCUT2D eigenvalue weighted by molar-refractivity contribution is -0.240. The van der Waals surface area contributed by atoms with Crippen molar-refractivity contribution in [3.63, 3.8) is 0 Å². The van der Waals surface area contributed by atoms with Gasteiger partial charge in [-0.2, -0.15) is 0 Å². The first-order valence-electron chi connectivity index (χ1n) is 13.8. The topological polar surface area (TPSA) is 60.7 Å². The van der Waals surface area contributed by atoms with Crippen LogP contribution in [0.2, 0.25) is 0 Å². The Labute approximate surface area is 203 Å². The second-order valence-corrected chi connectivity index (χ2v) is 14.4. The first-order chi connectivity index (χ1) is 15.1. The zero-order valence-corrected chi connectivity index (χ0v) is 22.7. The Balaban J connectivity index is 1.66. The third kappa shape index (κ3) is 3.53. The van der Waals surface area contributed by atoms with Crippen LogP contribution in [0.15, 0.2) is 11.6 Å². The summed E-state index contributed by atoms with van der Waals surface area (Å²) >= 11 is 0. The maximum atomic E-state index is 11.9. The Morgan fingerprint density at radius 3 is 2.21 bits per heavy atom. The van der Waals surface area contributed by atoms with Crippen molar-refractivity contribution < 1.29 is 15.3 Å². The zero-order valence-electron chi connectivity index (χ0n) is 22.7. The molecule has 0 bridgehead atoms. The van der Waals surface area contributed by atoms with Crippen molar-refractivity contribution in [1.29, 1.82) is 0 Å². The second kappa shape index (κ2) is 8.07. The highest BCUT2D eigenvalue weighted by molar-refractivity contribution is 5.20. The van der Waals surface area contributed by atoms with Gasteiger partial charge in [0.1, 0.15) is 0 Å². The van der Waals surface area contributed by atoms with Crippen LogP contribution in [0.5, 0.6) is 0 Å². The predicted octanol–water partition coefficient (Wildman–Crippen LogP) is 6.50. The molecule has 0 saturated heterocycles. The maximum absolute atomic E-state index is 11.9. The van der Waals surface area contributed by atoms with Crippen LogP contribution in [0, 0.1) is 45.3 Å². The van der Waals surface area contributed by atoms with E-state index in [1.54, 1.807) is 0 Å². The molecule has 3 heteroatoms. The van der Waals surface area contributed by atoms with Gasteiger partial charge in [-0.1, -0.05) is 46.3 Å². The van der Waals surface area contributed by atoms with Gasteiger partial charge in [0.05, 0.1) is 17.8 Å². The van der Waals surface area contributed by atoms with Crippen molar-refractivity contribution >= 4 is 0 Å². The molecule has 10 atom stereocenters. The van der Waals surface area contributed by atoms with E-state index in [2.05, 4.69) is 54.5 Å². The van der Waals surface area contributed by atoms with E-state index < -0.39 is 5.60 Å². The average molecular weight is 461 g/mol. The Bertz CT molecular complexity index is 779. The van der Waals surface area contributed by atoms with Gasteiger partial charge in [-0.25, -0.2) is 0 Å². The smallest absolute Gasteiger partial charge is 0.0657 e. The molecule has 0 aromatic carbocycles. The van der Waals surface area contributed by atoms with E-state index in [0.29, 0.717) is 17.8 Å². The minimum absolute atomic E-state index is 0.0503. The quantitative estimate of drug-likeness (QED) is 0.420. The lowest BCUT2D eigenvalue weighted by atomic mass is 9.37. The third-order valence-electron chi connectivity index (χ3n) is 12.5. The summed E-state index contributed by atoms with van der Waals surface area (Å²) in [4.78, 5) is 0. The molecule has 4 fully saturated rings. The largest absolute Gasteiger partial charge is 0.393 e. The van der Waals surface area contributed by atoms with Gasteiger partial charge in [-0.15, -0.1) is 0 Å². The summed E-state index contributed by atoms with van der Waals surface area (Å²) in [6, 6.07) is 0. The second-order valence-electron chi connectivity index (χ2n) is 14.4. The Kier molecular flexibility index (Phi) is 6.28. The fourth-order valence-corrected chi connectivity index (χ4v) is 10.3. The van der Waals surface area contributed by atoms with Crippen LogP contribution in [0.4, 0.5) is 0 Å². The number of aliphatic hydroxyl groups is 3. The predicted molar refractivity (Wildman–Crippen MR) is 136 cm³/mol. The van der Waals surface area contributed by atoms with Crippen LogP contribution in [0.25, 0.3) is 0 Å². The van der Waals surface area contributed by atoms with E-state index in [9.17, 15) is 15.3 Å². The highest BCUT2D eigenvalue weighted by Gasteiger charge is 2.71. The number of allylic oxidation sites excluding steroid dienone is 2. The third-order valence-corrected chi connectivity index (χ3v) is 12.5. The normalized spacial score (nSPS) is 50.5. The molecule has 190 valence electrons. The molecule has 4 saturated carbocycles. The number of hydrogen-bond acceptors (Lipinski definition) is 3. The van der Waals surface area contributed by atoms with Gasteiger partial charge in [0.2, 0.25) is 0 Å². The summed E-state index contributed by atoms with van der Waals surface area (Å²) in [5, 5.41) is 34.5. The molecule has 3 nitrogen and oxygen atoms in total. The molecule has 0 radical (unpaired) electrons. The van der Waals surface area contributed by atoms with Gasteiger partial charge in [0.15, 0.2) is 0 Å². The minimum atomic E-state index is -0.760. The first-order valence-corrected chi connectivity index (χ1v) is 13.8. The molecule has 0 aliphatic heterocycles. The molecule has 4 aliphatic rings.